The van der Waals surface area contributed by atoms with Crippen LogP contribution in [0.5, 0.6) is 0 Å². The molecule has 0 aromatic carbocycles. The van der Waals surface area contributed by atoms with Gasteiger partial charge in [0.1, 0.15) is 6.10 Å². The van der Waals surface area contributed by atoms with Crippen molar-refractivity contribution in [3.8, 4) is 0 Å². The van der Waals surface area contributed by atoms with Crippen LogP contribution >= 0.6 is 0 Å². The molecule has 0 amide bonds. The fourth-order valence-corrected chi connectivity index (χ4v) is 1.76. The molecule has 1 heterocycles. The van der Waals surface area contributed by atoms with Gasteiger partial charge < -0.3 is 19.7 Å². The third-order valence-electron chi connectivity index (χ3n) is 2.74. The molecule has 0 aliphatic rings. The maximum atomic E-state index is 5.55. The van der Waals surface area contributed by atoms with Gasteiger partial charge in [-0.05, 0) is 5.41 Å². The minimum atomic E-state index is -0.200. The molecule has 18 heavy (non-hydrogen) atoms. The Morgan fingerprint density at radius 3 is 2.39 bits per heavy atom. The lowest BCUT2D eigenvalue weighted by atomic mass is 9.88. The first kappa shape index (κ1) is 15.1. The van der Waals surface area contributed by atoms with Crippen molar-refractivity contribution in [2.45, 2.75) is 39.4 Å². The summed E-state index contributed by atoms with van der Waals surface area (Å²) in [5, 5.41) is 3.97. The number of rotatable bonds is 6. The summed E-state index contributed by atoms with van der Waals surface area (Å²) >= 11 is 0. The molecule has 104 valence electrons. The molecule has 2 unspecified atom stereocenters. The number of ether oxygens (including phenoxy) is 2. The molecule has 0 saturated carbocycles. The highest BCUT2D eigenvalue weighted by molar-refractivity contribution is 4.97. The highest BCUT2D eigenvalue weighted by Gasteiger charge is 2.30. The molecule has 0 aliphatic heterocycles. The van der Waals surface area contributed by atoms with Crippen LogP contribution < -0.4 is 5.73 Å². The highest BCUT2D eigenvalue weighted by Crippen LogP contribution is 2.33. The van der Waals surface area contributed by atoms with E-state index in [1.54, 1.807) is 14.2 Å². The van der Waals surface area contributed by atoms with Crippen LogP contribution in [-0.2, 0) is 15.9 Å². The Labute approximate surface area is 108 Å². The van der Waals surface area contributed by atoms with Crippen LogP contribution in [0.3, 0.4) is 0 Å². The molecule has 1 aromatic rings. The van der Waals surface area contributed by atoms with E-state index < -0.39 is 0 Å². The lowest BCUT2D eigenvalue weighted by Crippen LogP contribution is -2.25. The summed E-state index contributed by atoms with van der Waals surface area (Å²) < 4.78 is 15.8. The molecular formula is C12H23N3O3. The first-order chi connectivity index (χ1) is 8.42. The van der Waals surface area contributed by atoms with E-state index in [9.17, 15) is 0 Å². The number of aromatic nitrogens is 2. The molecule has 1 rings (SSSR count). The number of hydrogen-bond donors (Lipinski definition) is 1. The van der Waals surface area contributed by atoms with Crippen molar-refractivity contribution in [2.24, 2.45) is 11.1 Å². The van der Waals surface area contributed by atoms with E-state index in [0.717, 1.165) is 0 Å². The summed E-state index contributed by atoms with van der Waals surface area (Å²) in [6.45, 7) is 6.61. The van der Waals surface area contributed by atoms with E-state index >= 15 is 0 Å². The summed E-state index contributed by atoms with van der Waals surface area (Å²) in [5.74, 6) is 1.08. The summed E-state index contributed by atoms with van der Waals surface area (Å²) in [7, 11) is 3.26. The fourth-order valence-electron chi connectivity index (χ4n) is 1.76. The average molecular weight is 257 g/mol. The predicted octanol–water partition coefficient (Wildman–Crippen LogP) is 1.32. The number of methoxy groups -OCH3 is 2. The lowest BCUT2D eigenvalue weighted by Gasteiger charge is -2.26. The summed E-state index contributed by atoms with van der Waals surface area (Å²) in [4.78, 5) is 4.35. The summed E-state index contributed by atoms with van der Waals surface area (Å²) in [6, 6.07) is 0. The predicted molar refractivity (Wildman–Crippen MR) is 67.1 cm³/mol. The molecule has 2 atom stereocenters. The number of nitrogens with two attached hydrogens (primary N) is 1. The maximum Gasteiger partial charge on any atom is 0.229 e. The monoisotopic (exact) mass is 257 g/mol. The van der Waals surface area contributed by atoms with Crippen molar-refractivity contribution in [1.29, 1.82) is 0 Å². The zero-order chi connectivity index (χ0) is 13.8. The van der Waals surface area contributed by atoms with Crippen LogP contribution in [0.25, 0.3) is 0 Å². The van der Waals surface area contributed by atoms with Gasteiger partial charge >= 0.3 is 0 Å². The maximum absolute atomic E-state index is 5.55. The van der Waals surface area contributed by atoms with E-state index in [0.29, 0.717) is 24.7 Å². The largest absolute Gasteiger partial charge is 0.380 e. The van der Waals surface area contributed by atoms with Crippen LogP contribution in [0.2, 0.25) is 0 Å². The normalized spacial score (nSPS) is 15.7. The molecule has 2 N–H and O–H groups in total. The third kappa shape index (κ3) is 3.76. The summed E-state index contributed by atoms with van der Waals surface area (Å²) in [5.41, 5.74) is 5.46. The van der Waals surface area contributed by atoms with E-state index in [2.05, 4.69) is 30.9 Å². The van der Waals surface area contributed by atoms with E-state index in [1.807, 2.05) is 0 Å². The minimum Gasteiger partial charge on any atom is -0.380 e. The molecule has 0 bridgehead atoms. The molecular weight excluding hydrogens is 234 g/mol. The summed E-state index contributed by atoms with van der Waals surface area (Å²) in [6.07, 6.45) is 0.212. The van der Waals surface area contributed by atoms with Crippen molar-refractivity contribution in [3.05, 3.63) is 11.7 Å². The Morgan fingerprint density at radius 2 is 1.94 bits per heavy atom. The van der Waals surface area contributed by atoms with Gasteiger partial charge in [0.25, 0.3) is 0 Å². The van der Waals surface area contributed by atoms with Crippen molar-refractivity contribution < 1.29 is 14.0 Å². The third-order valence-corrected chi connectivity index (χ3v) is 2.74. The first-order valence-electron chi connectivity index (χ1n) is 6.00. The molecule has 0 saturated heterocycles. The lowest BCUT2D eigenvalue weighted by molar-refractivity contribution is 0.00718. The topological polar surface area (TPSA) is 83.4 Å². The molecule has 0 fully saturated rings. The molecule has 6 heteroatoms. The average Bonchev–Trinajstić information content (AvgIpc) is 2.73. The number of nitrogens with zero attached hydrogens (tertiary/aromatic N) is 2. The molecule has 0 spiro atoms. The zero-order valence-electron chi connectivity index (χ0n) is 11.8. The molecule has 0 radical (unpaired) electrons. The van der Waals surface area contributed by atoms with Crippen molar-refractivity contribution in [3.63, 3.8) is 0 Å². The van der Waals surface area contributed by atoms with E-state index in [1.165, 1.54) is 0 Å². The Balaban J connectivity index is 2.79. The number of hydrogen-bond acceptors (Lipinski definition) is 6. The van der Waals surface area contributed by atoms with Gasteiger partial charge in [0, 0.05) is 20.8 Å². The highest BCUT2D eigenvalue weighted by atomic mass is 16.5. The Kier molecular flexibility index (Phi) is 5.25. The van der Waals surface area contributed by atoms with Gasteiger partial charge in [0.05, 0.1) is 12.5 Å². The second kappa shape index (κ2) is 6.26. The van der Waals surface area contributed by atoms with Gasteiger partial charge in [0.15, 0.2) is 0 Å². The Bertz CT molecular complexity index is 356. The van der Waals surface area contributed by atoms with E-state index in [-0.39, 0.29) is 17.6 Å². The van der Waals surface area contributed by atoms with Crippen LogP contribution in [0, 0.1) is 5.41 Å². The van der Waals surface area contributed by atoms with Gasteiger partial charge in [-0.1, -0.05) is 25.9 Å². The van der Waals surface area contributed by atoms with Gasteiger partial charge in [0.2, 0.25) is 11.7 Å². The van der Waals surface area contributed by atoms with Crippen LogP contribution in [-0.4, -0.2) is 37.0 Å². The van der Waals surface area contributed by atoms with Crippen LogP contribution in [0.1, 0.15) is 38.6 Å². The SMILES string of the molecule is COC(CN)Cc1nc(C(OC)C(C)(C)C)no1. The molecule has 0 aliphatic carbocycles. The smallest absolute Gasteiger partial charge is 0.229 e. The molecule has 6 nitrogen and oxygen atoms in total. The van der Waals surface area contributed by atoms with Gasteiger partial charge in [-0.2, -0.15) is 4.98 Å². The zero-order valence-corrected chi connectivity index (χ0v) is 11.8. The second-order valence-corrected chi connectivity index (χ2v) is 5.33. The molecule has 1 aromatic heterocycles. The quantitative estimate of drug-likeness (QED) is 0.827. The standard InChI is InChI=1S/C12H23N3O3/c1-12(2,3)10(17-5)11-14-9(18-15-11)6-8(7-13)16-4/h8,10H,6-7,13H2,1-5H3. The van der Waals surface area contributed by atoms with Gasteiger partial charge in [-0.25, -0.2) is 0 Å². The van der Waals surface area contributed by atoms with Gasteiger partial charge in [-0.3, -0.25) is 0 Å². The Morgan fingerprint density at radius 1 is 1.28 bits per heavy atom. The van der Waals surface area contributed by atoms with Crippen LogP contribution in [0.4, 0.5) is 0 Å². The van der Waals surface area contributed by atoms with Crippen molar-refractivity contribution in [2.75, 3.05) is 20.8 Å². The van der Waals surface area contributed by atoms with Crippen molar-refractivity contribution >= 4 is 0 Å². The Hall–Kier alpha value is -0.980. The van der Waals surface area contributed by atoms with E-state index in [4.69, 9.17) is 19.7 Å². The fraction of sp³-hybridized carbons (Fsp3) is 0.833. The first-order valence-corrected chi connectivity index (χ1v) is 6.00. The van der Waals surface area contributed by atoms with Gasteiger partial charge in [-0.15, -0.1) is 0 Å². The van der Waals surface area contributed by atoms with Crippen molar-refractivity contribution in [1.82, 2.24) is 10.1 Å². The van der Waals surface area contributed by atoms with Crippen LogP contribution in [0.15, 0.2) is 4.52 Å². The minimum absolute atomic E-state index is 0.0928. The second-order valence-electron chi connectivity index (χ2n) is 5.33.